The Morgan fingerprint density at radius 2 is 2.07 bits per heavy atom. The Balaban J connectivity index is 1.88. The van der Waals surface area contributed by atoms with Crippen LogP contribution < -0.4 is 5.32 Å². The van der Waals surface area contributed by atoms with Gasteiger partial charge < -0.3 is 19.4 Å². The van der Waals surface area contributed by atoms with E-state index < -0.39 is 5.97 Å². The molecular weight excluding hydrogens is 402 g/mol. The molecule has 2 heterocycles. The maximum atomic E-state index is 13.0. The van der Waals surface area contributed by atoms with Crippen LogP contribution in [-0.2, 0) is 16.0 Å². The van der Waals surface area contributed by atoms with E-state index >= 15 is 0 Å². The summed E-state index contributed by atoms with van der Waals surface area (Å²) < 4.78 is 12.4. The van der Waals surface area contributed by atoms with Gasteiger partial charge in [0.15, 0.2) is 0 Å². The molecule has 7 nitrogen and oxygen atoms in total. The molecule has 1 fully saturated rings. The van der Waals surface area contributed by atoms with E-state index in [9.17, 15) is 9.59 Å². The minimum atomic E-state index is -0.418. The molecule has 1 N–H and O–H groups in total. The summed E-state index contributed by atoms with van der Waals surface area (Å²) in [7, 11) is 1.68. The lowest BCUT2D eigenvalue weighted by Gasteiger charge is -2.22. The molecule has 1 saturated carbocycles. The van der Waals surface area contributed by atoms with Crippen molar-refractivity contribution >= 4 is 23.2 Å². The summed E-state index contributed by atoms with van der Waals surface area (Å²) >= 11 is 1.26. The van der Waals surface area contributed by atoms with Gasteiger partial charge in [-0.25, -0.2) is 9.78 Å². The molecule has 1 amide bonds. The molecule has 0 radical (unpaired) electrons. The molecule has 1 aliphatic rings. The smallest absolute Gasteiger partial charge is 0.367 e. The van der Waals surface area contributed by atoms with Crippen molar-refractivity contribution in [3.63, 3.8) is 0 Å². The van der Waals surface area contributed by atoms with Crippen LogP contribution in [0.1, 0.15) is 71.3 Å². The van der Waals surface area contributed by atoms with Crippen LogP contribution in [0.15, 0.2) is 11.4 Å². The van der Waals surface area contributed by atoms with Crippen LogP contribution in [0.25, 0.3) is 11.4 Å². The largest absolute Gasteiger partial charge is 0.461 e. The van der Waals surface area contributed by atoms with E-state index in [-0.39, 0.29) is 11.9 Å². The number of hydrogen-bond acceptors (Lipinski definition) is 6. The summed E-state index contributed by atoms with van der Waals surface area (Å²) in [5.74, 6) is -0.454. The molecule has 30 heavy (non-hydrogen) atoms. The summed E-state index contributed by atoms with van der Waals surface area (Å²) in [5.41, 5.74) is 3.09. The number of thiazole rings is 1. The fourth-order valence-electron chi connectivity index (χ4n) is 3.93. The zero-order valence-corrected chi connectivity index (χ0v) is 18.8. The average molecular weight is 434 g/mol. The highest BCUT2D eigenvalue weighted by molar-refractivity contribution is 7.11. The van der Waals surface area contributed by atoms with Gasteiger partial charge >= 0.3 is 5.97 Å². The van der Waals surface area contributed by atoms with Crippen molar-refractivity contribution < 1.29 is 19.1 Å². The molecule has 0 spiro atoms. The number of ether oxygens (including phenoxy) is 2. The average Bonchev–Trinajstić information content (AvgIpc) is 3.35. The molecule has 0 atom stereocenters. The van der Waals surface area contributed by atoms with Crippen LogP contribution >= 0.6 is 11.3 Å². The van der Waals surface area contributed by atoms with Crippen molar-refractivity contribution in [3.8, 4) is 11.4 Å². The Labute approximate surface area is 181 Å². The Morgan fingerprint density at radius 1 is 1.30 bits per heavy atom. The molecule has 3 rings (SSSR count). The van der Waals surface area contributed by atoms with E-state index in [4.69, 9.17) is 9.47 Å². The zero-order chi connectivity index (χ0) is 21.5. The summed E-state index contributed by atoms with van der Waals surface area (Å²) in [4.78, 5) is 29.5. The van der Waals surface area contributed by atoms with Gasteiger partial charge in [0, 0.05) is 37.4 Å². The summed E-state index contributed by atoms with van der Waals surface area (Å²) in [6.07, 6.45) is 6.49. The van der Waals surface area contributed by atoms with Crippen LogP contribution in [0.4, 0.5) is 0 Å². The molecule has 2 aromatic heterocycles. The van der Waals surface area contributed by atoms with Gasteiger partial charge in [0.25, 0.3) is 5.91 Å². The van der Waals surface area contributed by atoms with E-state index in [1.807, 2.05) is 18.4 Å². The molecular formula is C22H31N3O4S. The van der Waals surface area contributed by atoms with Crippen LogP contribution in [-0.4, -0.2) is 47.8 Å². The van der Waals surface area contributed by atoms with Gasteiger partial charge in [-0.2, -0.15) is 0 Å². The highest BCUT2D eigenvalue weighted by atomic mass is 32.1. The van der Waals surface area contributed by atoms with Crippen LogP contribution in [0.5, 0.6) is 0 Å². The molecule has 8 heteroatoms. The number of nitrogens with zero attached hydrogens (tertiary/aromatic N) is 2. The number of esters is 1. The van der Waals surface area contributed by atoms with Crippen molar-refractivity contribution in [3.05, 3.63) is 27.7 Å². The molecule has 0 bridgehead atoms. The van der Waals surface area contributed by atoms with Gasteiger partial charge in [-0.3, -0.25) is 4.79 Å². The highest BCUT2D eigenvalue weighted by Crippen LogP contribution is 2.28. The van der Waals surface area contributed by atoms with Gasteiger partial charge in [-0.15, -0.1) is 11.3 Å². The molecule has 0 unspecified atom stereocenters. The maximum absolute atomic E-state index is 13.0. The first-order valence-corrected chi connectivity index (χ1v) is 11.6. The number of hydrogen-bond donors (Lipinski definition) is 1. The second-order valence-corrected chi connectivity index (χ2v) is 8.45. The lowest BCUT2D eigenvalue weighted by atomic mass is 9.95. The highest BCUT2D eigenvalue weighted by Gasteiger charge is 2.23. The molecule has 1 aliphatic carbocycles. The van der Waals surface area contributed by atoms with E-state index in [0.29, 0.717) is 36.0 Å². The first-order chi connectivity index (χ1) is 14.5. The SMILES string of the molecule is CCOC(=O)c1nc(-c2cc(C(=O)NC3CCCCC3)c(C)n2CCCOC)cs1. The van der Waals surface area contributed by atoms with Gasteiger partial charge in [0.1, 0.15) is 0 Å². The normalized spacial score (nSPS) is 14.6. The third-order valence-corrected chi connectivity index (χ3v) is 6.32. The fraction of sp³-hybridized carbons (Fsp3) is 0.591. The number of nitrogens with one attached hydrogen (secondary N) is 1. The van der Waals surface area contributed by atoms with Gasteiger partial charge in [0.05, 0.1) is 23.6 Å². The van der Waals surface area contributed by atoms with Gasteiger partial charge in [0.2, 0.25) is 5.01 Å². The summed E-state index contributed by atoms with van der Waals surface area (Å²) in [6.45, 7) is 5.38. The lowest BCUT2D eigenvalue weighted by Crippen LogP contribution is -2.36. The van der Waals surface area contributed by atoms with Crippen molar-refractivity contribution in [2.75, 3.05) is 20.3 Å². The Bertz CT molecular complexity index is 868. The Morgan fingerprint density at radius 3 is 2.77 bits per heavy atom. The Kier molecular flexibility index (Phi) is 8.04. The molecule has 164 valence electrons. The van der Waals surface area contributed by atoms with Crippen molar-refractivity contribution in [2.24, 2.45) is 0 Å². The van der Waals surface area contributed by atoms with Crippen LogP contribution in [0, 0.1) is 6.92 Å². The maximum Gasteiger partial charge on any atom is 0.367 e. The molecule has 0 aromatic carbocycles. The Hall–Kier alpha value is -2.19. The lowest BCUT2D eigenvalue weighted by molar-refractivity contribution is 0.0526. The molecule has 0 aliphatic heterocycles. The third kappa shape index (κ3) is 5.29. The van der Waals surface area contributed by atoms with Gasteiger partial charge in [-0.1, -0.05) is 19.3 Å². The number of carbonyl (C=O) groups is 2. The third-order valence-electron chi connectivity index (χ3n) is 5.50. The molecule has 0 saturated heterocycles. The quantitative estimate of drug-likeness (QED) is 0.473. The minimum absolute atomic E-state index is 0.0352. The number of carbonyl (C=O) groups excluding carboxylic acids is 2. The summed E-state index contributed by atoms with van der Waals surface area (Å²) in [5, 5.41) is 5.37. The van der Waals surface area contributed by atoms with Crippen molar-refractivity contribution in [2.45, 2.75) is 65.0 Å². The number of amides is 1. The second-order valence-electron chi connectivity index (χ2n) is 7.59. The molecule has 2 aromatic rings. The topological polar surface area (TPSA) is 82.5 Å². The predicted molar refractivity (Wildman–Crippen MR) is 117 cm³/mol. The fourth-order valence-corrected chi connectivity index (χ4v) is 4.63. The zero-order valence-electron chi connectivity index (χ0n) is 18.0. The van der Waals surface area contributed by atoms with Gasteiger partial charge in [-0.05, 0) is 39.2 Å². The van der Waals surface area contributed by atoms with E-state index in [2.05, 4.69) is 14.9 Å². The number of rotatable bonds is 9. The first-order valence-electron chi connectivity index (χ1n) is 10.7. The van der Waals surface area contributed by atoms with Crippen molar-refractivity contribution in [1.29, 1.82) is 0 Å². The standard InChI is InChI=1S/C22H31N3O4S/c1-4-29-22(27)21-24-18(14-30-21)19-13-17(15(2)25(19)11-8-12-28-3)20(26)23-16-9-6-5-7-10-16/h13-14,16H,4-12H2,1-3H3,(H,23,26). The second kappa shape index (κ2) is 10.7. The van der Waals surface area contributed by atoms with Crippen molar-refractivity contribution in [1.82, 2.24) is 14.9 Å². The first kappa shape index (κ1) is 22.5. The van der Waals surface area contributed by atoms with E-state index in [0.717, 1.165) is 30.7 Å². The number of aromatic nitrogens is 2. The predicted octanol–water partition coefficient (Wildman–Crippen LogP) is 4.20. The van der Waals surface area contributed by atoms with E-state index in [1.54, 1.807) is 14.0 Å². The monoisotopic (exact) mass is 433 g/mol. The van der Waals surface area contributed by atoms with Crippen LogP contribution in [0.3, 0.4) is 0 Å². The minimum Gasteiger partial charge on any atom is -0.461 e. The van der Waals surface area contributed by atoms with E-state index in [1.165, 1.54) is 30.6 Å². The number of methoxy groups -OCH3 is 1. The van der Waals surface area contributed by atoms with Crippen LogP contribution in [0.2, 0.25) is 0 Å². The summed E-state index contributed by atoms with van der Waals surface area (Å²) in [6, 6.07) is 2.14.